The minimum atomic E-state index is 0.618. The molecular weight excluding hydrogens is 262 g/mol. The number of aryl methyl sites for hydroxylation is 3. The van der Waals surface area contributed by atoms with Crippen molar-refractivity contribution in [3.8, 4) is 0 Å². The number of hydrogen-bond acceptors (Lipinski definition) is 2. The summed E-state index contributed by atoms with van der Waals surface area (Å²) in [5.41, 5.74) is 10.2. The molecule has 0 atom stereocenters. The highest BCUT2D eigenvalue weighted by Crippen LogP contribution is 2.35. The second-order valence-electron chi connectivity index (χ2n) is 4.49. The topological polar surface area (TPSA) is 26.0 Å². The summed E-state index contributed by atoms with van der Waals surface area (Å²) in [6.07, 6.45) is 0. The van der Waals surface area contributed by atoms with Gasteiger partial charge in [0, 0.05) is 9.79 Å². The van der Waals surface area contributed by atoms with Crippen molar-refractivity contribution in [2.45, 2.75) is 30.6 Å². The lowest BCUT2D eigenvalue weighted by molar-refractivity contribution is 1.26. The van der Waals surface area contributed by atoms with Crippen LogP contribution in [-0.4, -0.2) is 0 Å². The summed E-state index contributed by atoms with van der Waals surface area (Å²) in [4.78, 5) is 2.37. The highest BCUT2D eigenvalue weighted by atomic mass is 35.5. The van der Waals surface area contributed by atoms with E-state index < -0.39 is 0 Å². The van der Waals surface area contributed by atoms with Crippen LogP contribution in [0.2, 0.25) is 5.02 Å². The minimum Gasteiger partial charge on any atom is -0.398 e. The second-order valence-corrected chi connectivity index (χ2v) is 6.01. The molecule has 2 aromatic rings. The van der Waals surface area contributed by atoms with Crippen LogP contribution in [0.3, 0.4) is 0 Å². The summed E-state index contributed by atoms with van der Waals surface area (Å²) in [5.74, 6) is 0. The number of nitrogen functional groups attached to an aromatic ring is 1. The number of benzene rings is 2. The summed E-state index contributed by atoms with van der Waals surface area (Å²) < 4.78 is 0. The first-order chi connectivity index (χ1) is 8.47. The van der Waals surface area contributed by atoms with Crippen LogP contribution in [-0.2, 0) is 0 Å². The standard InChI is InChI=1S/C15H16ClNS/c1-9-4-5-12(6-10(9)2)18-15-8-13(16)14(17)7-11(15)3/h4-8H,17H2,1-3H3. The lowest BCUT2D eigenvalue weighted by Crippen LogP contribution is -1.89. The summed E-state index contributed by atoms with van der Waals surface area (Å²) >= 11 is 7.79. The fraction of sp³-hybridized carbons (Fsp3) is 0.200. The summed E-state index contributed by atoms with van der Waals surface area (Å²) in [5, 5.41) is 0.618. The van der Waals surface area contributed by atoms with Gasteiger partial charge < -0.3 is 5.73 Å². The molecular formula is C15H16ClNS. The number of halogens is 1. The van der Waals surface area contributed by atoms with E-state index in [1.807, 2.05) is 12.1 Å². The van der Waals surface area contributed by atoms with Crippen LogP contribution < -0.4 is 5.73 Å². The van der Waals surface area contributed by atoms with Crippen LogP contribution in [0, 0.1) is 20.8 Å². The van der Waals surface area contributed by atoms with E-state index in [2.05, 4.69) is 39.0 Å². The van der Waals surface area contributed by atoms with Gasteiger partial charge in [0.1, 0.15) is 0 Å². The van der Waals surface area contributed by atoms with Gasteiger partial charge >= 0.3 is 0 Å². The molecule has 2 aromatic carbocycles. The van der Waals surface area contributed by atoms with Gasteiger partial charge in [0.15, 0.2) is 0 Å². The zero-order valence-corrected chi connectivity index (χ0v) is 12.3. The smallest absolute Gasteiger partial charge is 0.0646 e. The summed E-state index contributed by atoms with van der Waals surface area (Å²) in [6.45, 7) is 6.30. The maximum Gasteiger partial charge on any atom is 0.0646 e. The van der Waals surface area contributed by atoms with Gasteiger partial charge in [-0.1, -0.05) is 29.4 Å². The predicted octanol–water partition coefficient (Wildman–Crippen LogP) is 5.00. The van der Waals surface area contributed by atoms with Crippen LogP contribution in [0.4, 0.5) is 5.69 Å². The van der Waals surface area contributed by atoms with Gasteiger partial charge in [-0.2, -0.15) is 0 Å². The van der Waals surface area contributed by atoms with E-state index in [0.29, 0.717) is 10.7 Å². The molecule has 0 aliphatic carbocycles. The first kappa shape index (κ1) is 13.3. The quantitative estimate of drug-likeness (QED) is 0.782. The van der Waals surface area contributed by atoms with Crippen LogP contribution in [0.15, 0.2) is 40.1 Å². The Labute approximate surface area is 117 Å². The molecule has 18 heavy (non-hydrogen) atoms. The molecule has 0 spiro atoms. The van der Waals surface area contributed by atoms with E-state index in [1.165, 1.54) is 16.0 Å². The zero-order valence-electron chi connectivity index (χ0n) is 10.8. The highest BCUT2D eigenvalue weighted by molar-refractivity contribution is 7.99. The average Bonchev–Trinajstić information content (AvgIpc) is 2.31. The van der Waals surface area contributed by atoms with Crippen LogP contribution in [0.5, 0.6) is 0 Å². The largest absolute Gasteiger partial charge is 0.398 e. The van der Waals surface area contributed by atoms with E-state index in [0.717, 1.165) is 10.5 Å². The Hall–Kier alpha value is -1.12. The number of rotatable bonds is 2. The SMILES string of the molecule is Cc1ccc(Sc2cc(Cl)c(N)cc2C)cc1C. The second kappa shape index (κ2) is 5.25. The van der Waals surface area contributed by atoms with Crippen molar-refractivity contribution >= 4 is 29.1 Å². The molecule has 0 amide bonds. The Kier molecular flexibility index (Phi) is 3.88. The minimum absolute atomic E-state index is 0.618. The third kappa shape index (κ3) is 2.82. The molecule has 3 heteroatoms. The molecule has 1 nitrogen and oxygen atoms in total. The van der Waals surface area contributed by atoms with Crippen molar-refractivity contribution in [2.75, 3.05) is 5.73 Å². The molecule has 0 unspecified atom stereocenters. The Morgan fingerprint density at radius 3 is 2.33 bits per heavy atom. The van der Waals surface area contributed by atoms with E-state index in [4.69, 9.17) is 17.3 Å². The summed E-state index contributed by atoms with van der Waals surface area (Å²) in [6, 6.07) is 10.3. The van der Waals surface area contributed by atoms with Gasteiger partial charge in [-0.15, -0.1) is 0 Å². The molecule has 0 fully saturated rings. The zero-order chi connectivity index (χ0) is 13.3. The number of anilines is 1. The van der Waals surface area contributed by atoms with Crippen molar-refractivity contribution in [3.63, 3.8) is 0 Å². The van der Waals surface area contributed by atoms with Crippen LogP contribution in [0.25, 0.3) is 0 Å². The lowest BCUT2D eigenvalue weighted by atomic mass is 10.1. The van der Waals surface area contributed by atoms with Crippen molar-refractivity contribution in [2.24, 2.45) is 0 Å². The van der Waals surface area contributed by atoms with Crippen molar-refractivity contribution in [1.29, 1.82) is 0 Å². The normalized spacial score (nSPS) is 10.7. The van der Waals surface area contributed by atoms with Gasteiger partial charge in [-0.25, -0.2) is 0 Å². The fourth-order valence-corrected chi connectivity index (χ4v) is 2.95. The Balaban J connectivity index is 2.34. The first-order valence-corrected chi connectivity index (χ1v) is 6.97. The molecule has 0 aliphatic heterocycles. The van der Waals surface area contributed by atoms with Gasteiger partial charge in [-0.3, -0.25) is 0 Å². The molecule has 2 rings (SSSR count). The van der Waals surface area contributed by atoms with Crippen molar-refractivity contribution in [1.82, 2.24) is 0 Å². The first-order valence-electron chi connectivity index (χ1n) is 5.78. The third-order valence-corrected chi connectivity index (χ3v) is 4.48. The van der Waals surface area contributed by atoms with Gasteiger partial charge in [-0.05, 0) is 61.7 Å². The van der Waals surface area contributed by atoms with Crippen molar-refractivity contribution < 1.29 is 0 Å². The number of hydrogen-bond donors (Lipinski definition) is 1. The lowest BCUT2D eigenvalue weighted by Gasteiger charge is -2.09. The molecule has 2 N–H and O–H groups in total. The van der Waals surface area contributed by atoms with Crippen molar-refractivity contribution in [3.05, 3.63) is 52.0 Å². The highest BCUT2D eigenvalue weighted by Gasteiger charge is 2.06. The molecule has 0 aliphatic rings. The molecule has 0 saturated carbocycles. The van der Waals surface area contributed by atoms with E-state index in [-0.39, 0.29) is 0 Å². The molecule has 0 bridgehead atoms. The monoisotopic (exact) mass is 277 g/mol. The van der Waals surface area contributed by atoms with Gasteiger partial charge in [0.25, 0.3) is 0 Å². The Bertz CT molecular complexity index is 593. The van der Waals surface area contributed by atoms with E-state index >= 15 is 0 Å². The Morgan fingerprint density at radius 2 is 1.67 bits per heavy atom. The van der Waals surface area contributed by atoms with E-state index in [9.17, 15) is 0 Å². The average molecular weight is 278 g/mol. The van der Waals surface area contributed by atoms with Crippen LogP contribution >= 0.6 is 23.4 Å². The molecule has 0 heterocycles. The van der Waals surface area contributed by atoms with Crippen LogP contribution in [0.1, 0.15) is 16.7 Å². The summed E-state index contributed by atoms with van der Waals surface area (Å²) in [7, 11) is 0. The van der Waals surface area contributed by atoms with Gasteiger partial charge in [0.2, 0.25) is 0 Å². The van der Waals surface area contributed by atoms with E-state index in [1.54, 1.807) is 11.8 Å². The number of nitrogens with two attached hydrogens (primary N) is 1. The maximum atomic E-state index is 6.07. The molecule has 0 radical (unpaired) electrons. The molecule has 94 valence electrons. The third-order valence-electron chi connectivity index (χ3n) is 3.00. The molecule has 0 aromatic heterocycles. The maximum absolute atomic E-state index is 6.07. The van der Waals surface area contributed by atoms with Gasteiger partial charge in [0.05, 0.1) is 10.7 Å². The predicted molar refractivity (Wildman–Crippen MR) is 80.6 cm³/mol. The molecule has 0 saturated heterocycles. The fourth-order valence-electron chi connectivity index (χ4n) is 1.70. The Morgan fingerprint density at radius 1 is 0.944 bits per heavy atom.